The molecular weight excluding hydrogens is 257 g/mol. The van der Waals surface area contributed by atoms with E-state index in [1.54, 1.807) is 6.07 Å². The van der Waals surface area contributed by atoms with E-state index in [0.717, 1.165) is 6.07 Å². The summed E-state index contributed by atoms with van der Waals surface area (Å²) in [6, 6.07) is 5.19. The number of alkyl halides is 3. The van der Waals surface area contributed by atoms with Crippen LogP contribution in [0.15, 0.2) is 30.6 Å². The van der Waals surface area contributed by atoms with Gasteiger partial charge in [0.25, 0.3) is 0 Å². The number of rotatable bonds is 1. The zero-order valence-corrected chi connectivity index (χ0v) is 9.85. The molecule has 2 aromatic rings. The summed E-state index contributed by atoms with van der Waals surface area (Å²) < 4.78 is 40.6. The minimum absolute atomic E-state index is 0.239. The van der Waals surface area contributed by atoms with Crippen molar-refractivity contribution >= 4 is 5.95 Å². The first-order valence-corrected chi connectivity index (χ1v) is 5.87. The van der Waals surface area contributed by atoms with Gasteiger partial charge in [0.05, 0.1) is 11.6 Å². The lowest BCUT2D eigenvalue weighted by molar-refractivity contribution is -0.138. The van der Waals surface area contributed by atoms with E-state index >= 15 is 0 Å². The van der Waals surface area contributed by atoms with Gasteiger partial charge in [-0.2, -0.15) is 23.3 Å². The molecule has 1 N–H and O–H groups in total. The summed E-state index contributed by atoms with van der Waals surface area (Å²) in [6.45, 7) is 0.579. The van der Waals surface area contributed by atoms with E-state index in [9.17, 15) is 13.2 Å². The number of hydrogen-bond acceptors (Lipinski definition) is 3. The first kappa shape index (κ1) is 12.0. The number of fused-ring (bicyclic) bond motifs is 1. The standard InChI is InChI=1S/C12H11F3N4/c13-12(14,15)9-4-2-1-3-8(9)10-5-6-16-11-17-7-18-19(10)11/h1-4,7,10H,5-6H2,(H,16,17,18). The van der Waals surface area contributed by atoms with Crippen LogP contribution in [0, 0.1) is 0 Å². The molecule has 0 spiro atoms. The highest BCUT2D eigenvalue weighted by atomic mass is 19.4. The van der Waals surface area contributed by atoms with Gasteiger partial charge >= 0.3 is 6.18 Å². The van der Waals surface area contributed by atoms with E-state index in [-0.39, 0.29) is 5.56 Å². The fourth-order valence-electron chi connectivity index (χ4n) is 2.38. The average molecular weight is 268 g/mol. The number of aromatic nitrogens is 3. The van der Waals surface area contributed by atoms with Gasteiger partial charge in [-0.05, 0) is 18.1 Å². The van der Waals surface area contributed by atoms with Crippen molar-refractivity contribution in [3.05, 3.63) is 41.7 Å². The maximum absolute atomic E-state index is 13.0. The summed E-state index contributed by atoms with van der Waals surface area (Å²) in [5, 5.41) is 7.02. The highest BCUT2D eigenvalue weighted by Crippen LogP contribution is 2.38. The number of anilines is 1. The summed E-state index contributed by atoms with van der Waals surface area (Å²) in [5.74, 6) is 0.508. The Morgan fingerprint density at radius 2 is 2.05 bits per heavy atom. The van der Waals surface area contributed by atoms with Crippen molar-refractivity contribution in [2.75, 3.05) is 11.9 Å². The zero-order chi connectivity index (χ0) is 13.5. The number of hydrogen-bond donors (Lipinski definition) is 1. The summed E-state index contributed by atoms with van der Waals surface area (Å²) in [4.78, 5) is 3.98. The normalized spacial score (nSPS) is 18.8. The molecule has 3 rings (SSSR count). The monoisotopic (exact) mass is 268 g/mol. The highest BCUT2D eigenvalue weighted by molar-refractivity contribution is 5.37. The fraction of sp³-hybridized carbons (Fsp3) is 0.333. The van der Waals surface area contributed by atoms with Crippen molar-refractivity contribution in [1.82, 2.24) is 14.8 Å². The molecule has 1 aromatic carbocycles. The minimum Gasteiger partial charge on any atom is -0.354 e. The van der Waals surface area contributed by atoms with Gasteiger partial charge in [0.2, 0.25) is 5.95 Å². The van der Waals surface area contributed by atoms with Crippen molar-refractivity contribution in [3.8, 4) is 0 Å². The summed E-state index contributed by atoms with van der Waals surface area (Å²) in [5.41, 5.74) is -0.369. The molecule has 7 heteroatoms. The Balaban J connectivity index is 2.10. The average Bonchev–Trinajstić information content (AvgIpc) is 2.85. The van der Waals surface area contributed by atoms with Gasteiger partial charge in [-0.15, -0.1) is 0 Å². The Morgan fingerprint density at radius 1 is 1.26 bits per heavy atom. The van der Waals surface area contributed by atoms with Crippen LogP contribution >= 0.6 is 0 Å². The Bertz CT molecular complexity index is 591. The molecule has 0 fully saturated rings. The number of halogens is 3. The molecule has 1 aliphatic heterocycles. The van der Waals surface area contributed by atoms with Crippen LogP contribution in [0.3, 0.4) is 0 Å². The van der Waals surface area contributed by atoms with Gasteiger partial charge in [-0.1, -0.05) is 18.2 Å². The lowest BCUT2D eigenvalue weighted by Crippen LogP contribution is -2.26. The third kappa shape index (κ3) is 2.05. The van der Waals surface area contributed by atoms with Crippen LogP contribution in [-0.4, -0.2) is 21.3 Å². The Morgan fingerprint density at radius 3 is 2.84 bits per heavy atom. The van der Waals surface area contributed by atoms with E-state index in [0.29, 0.717) is 18.9 Å². The summed E-state index contributed by atoms with van der Waals surface area (Å²) >= 11 is 0. The molecule has 100 valence electrons. The molecule has 1 aromatic heterocycles. The third-order valence-electron chi connectivity index (χ3n) is 3.19. The highest BCUT2D eigenvalue weighted by Gasteiger charge is 2.36. The van der Waals surface area contributed by atoms with Crippen molar-refractivity contribution in [2.24, 2.45) is 0 Å². The maximum atomic E-state index is 13.0. The largest absolute Gasteiger partial charge is 0.416 e. The lowest BCUT2D eigenvalue weighted by atomic mass is 9.97. The molecule has 0 saturated heterocycles. The van der Waals surface area contributed by atoms with Crippen LogP contribution in [0.1, 0.15) is 23.6 Å². The summed E-state index contributed by atoms with van der Waals surface area (Å²) in [7, 11) is 0. The second-order valence-corrected chi connectivity index (χ2v) is 4.34. The van der Waals surface area contributed by atoms with Crippen molar-refractivity contribution < 1.29 is 13.2 Å². The predicted octanol–water partition coefficient (Wildman–Crippen LogP) is 2.70. The molecule has 0 radical (unpaired) electrons. The van der Waals surface area contributed by atoms with Gasteiger partial charge < -0.3 is 5.32 Å². The van der Waals surface area contributed by atoms with Crippen LogP contribution in [0.5, 0.6) is 0 Å². The number of nitrogens with one attached hydrogen (secondary N) is 1. The van der Waals surface area contributed by atoms with Crippen LogP contribution < -0.4 is 5.32 Å². The molecule has 1 unspecified atom stereocenters. The van der Waals surface area contributed by atoms with E-state index in [2.05, 4.69) is 15.4 Å². The molecule has 19 heavy (non-hydrogen) atoms. The molecule has 1 atom stereocenters. The lowest BCUT2D eigenvalue weighted by Gasteiger charge is -2.27. The molecule has 1 aliphatic rings. The van der Waals surface area contributed by atoms with Crippen LogP contribution in [0.4, 0.5) is 19.1 Å². The van der Waals surface area contributed by atoms with Gasteiger partial charge in [0.1, 0.15) is 6.33 Å². The predicted molar refractivity (Wildman–Crippen MR) is 62.7 cm³/mol. The molecule has 2 heterocycles. The smallest absolute Gasteiger partial charge is 0.354 e. The second-order valence-electron chi connectivity index (χ2n) is 4.34. The molecule has 0 bridgehead atoms. The minimum atomic E-state index is -4.36. The van der Waals surface area contributed by atoms with Crippen LogP contribution in [0.25, 0.3) is 0 Å². The summed E-state index contributed by atoms with van der Waals surface area (Å²) in [6.07, 6.45) is -2.47. The number of benzene rings is 1. The van der Waals surface area contributed by atoms with Gasteiger partial charge in [-0.25, -0.2) is 4.68 Å². The third-order valence-corrected chi connectivity index (χ3v) is 3.19. The fourth-order valence-corrected chi connectivity index (χ4v) is 2.38. The molecule has 0 amide bonds. The van der Waals surface area contributed by atoms with E-state index in [1.807, 2.05) is 0 Å². The molecule has 0 saturated carbocycles. The van der Waals surface area contributed by atoms with Gasteiger partial charge in [0, 0.05) is 6.54 Å². The zero-order valence-electron chi connectivity index (χ0n) is 9.85. The molecule has 0 aliphatic carbocycles. The first-order valence-electron chi connectivity index (χ1n) is 5.87. The first-order chi connectivity index (χ1) is 9.07. The molecular formula is C12H11F3N4. The van der Waals surface area contributed by atoms with E-state index < -0.39 is 17.8 Å². The van der Waals surface area contributed by atoms with E-state index in [1.165, 1.54) is 23.1 Å². The van der Waals surface area contributed by atoms with Crippen molar-refractivity contribution in [2.45, 2.75) is 18.6 Å². The topological polar surface area (TPSA) is 42.7 Å². The van der Waals surface area contributed by atoms with Crippen molar-refractivity contribution in [1.29, 1.82) is 0 Å². The van der Waals surface area contributed by atoms with Gasteiger partial charge in [-0.3, -0.25) is 0 Å². The SMILES string of the molecule is FC(F)(F)c1ccccc1C1CCNc2ncnn21. The van der Waals surface area contributed by atoms with Crippen molar-refractivity contribution in [3.63, 3.8) is 0 Å². The maximum Gasteiger partial charge on any atom is 0.416 e. The Labute approximate surface area is 107 Å². The van der Waals surface area contributed by atoms with Gasteiger partial charge in [0.15, 0.2) is 0 Å². The quantitative estimate of drug-likeness (QED) is 0.864. The van der Waals surface area contributed by atoms with Crippen LogP contribution in [-0.2, 0) is 6.18 Å². The second kappa shape index (κ2) is 4.25. The van der Waals surface area contributed by atoms with Crippen LogP contribution in [0.2, 0.25) is 0 Å². The van der Waals surface area contributed by atoms with E-state index in [4.69, 9.17) is 0 Å². The number of nitrogens with zero attached hydrogens (tertiary/aromatic N) is 3. The Hall–Kier alpha value is -2.05. The Kier molecular flexibility index (Phi) is 2.69. The molecule has 4 nitrogen and oxygen atoms in total.